The highest BCUT2D eigenvalue weighted by Gasteiger charge is 2.03. The number of amidine groups is 1. The molecule has 1 rings (SSSR count). The number of oxime groups is 1. The van der Waals surface area contributed by atoms with Gasteiger partial charge < -0.3 is 20.3 Å². The topological polar surface area (TPSA) is 89.9 Å². The van der Waals surface area contributed by atoms with Gasteiger partial charge in [0.15, 0.2) is 6.61 Å². The Bertz CT molecular complexity index is 399. The van der Waals surface area contributed by atoms with Gasteiger partial charge in [0.25, 0.3) is 5.91 Å². The molecule has 3 N–H and O–H groups in total. The van der Waals surface area contributed by atoms with E-state index in [2.05, 4.69) is 24.3 Å². The Balaban J connectivity index is 2.14. The van der Waals surface area contributed by atoms with Crippen LogP contribution in [0.5, 0.6) is 0 Å². The van der Waals surface area contributed by atoms with Gasteiger partial charge in [0, 0.05) is 6.42 Å². The van der Waals surface area contributed by atoms with Crippen LogP contribution in [0.15, 0.2) is 28.0 Å². The summed E-state index contributed by atoms with van der Waals surface area (Å²) in [6.07, 6.45) is 3.17. The zero-order chi connectivity index (χ0) is 14.1. The summed E-state index contributed by atoms with van der Waals surface area (Å²) in [6.45, 7) is 4.40. The SMILES string of the molecule is CC(C)CC/C(N)=N/OCC(=O)NCc1ccco1. The van der Waals surface area contributed by atoms with Crippen molar-refractivity contribution in [2.24, 2.45) is 16.8 Å². The first kappa shape index (κ1) is 15.1. The standard InChI is InChI=1S/C13H21N3O3/c1-10(2)5-6-12(14)16-19-9-13(17)15-8-11-4-3-7-18-11/h3-4,7,10H,5-6,8-9H2,1-2H3,(H2,14,16)(H,15,17). The zero-order valence-electron chi connectivity index (χ0n) is 11.4. The molecule has 0 aromatic carbocycles. The first-order chi connectivity index (χ1) is 9.08. The number of furan rings is 1. The lowest BCUT2D eigenvalue weighted by Gasteiger charge is -2.05. The van der Waals surface area contributed by atoms with Gasteiger partial charge in [0.1, 0.15) is 11.6 Å². The summed E-state index contributed by atoms with van der Waals surface area (Å²) in [5, 5.41) is 6.33. The van der Waals surface area contributed by atoms with E-state index in [4.69, 9.17) is 15.0 Å². The summed E-state index contributed by atoms with van der Waals surface area (Å²) in [7, 11) is 0. The van der Waals surface area contributed by atoms with Crippen LogP contribution in [0.1, 0.15) is 32.4 Å². The fourth-order valence-corrected chi connectivity index (χ4v) is 1.31. The molecule has 0 saturated heterocycles. The van der Waals surface area contributed by atoms with E-state index < -0.39 is 0 Å². The average molecular weight is 267 g/mol. The number of carbonyl (C=O) groups is 1. The Labute approximate surface area is 113 Å². The summed E-state index contributed by atoms with van der Waals surface area (Å²) in [5.74, 6) is 1.39. The van der Waals surface area contributed by atoms with Gasteiger partial charge in [-0.1, -0.05) is 19.0 Å². The van der Waals surface area contributed by atoms with Crippen LogP contribution >= 0.6 is 0 Å². The predicted octanol–water partition coefficient (Wildman–Crippen LogP) is 1.62. The molecule has 19 heavy (non-hydrogen) atoms. The number of carbonyl (C=O) groups excluding carboxylic acids is 1. The molecule has 0 atom stereocenters. The molecule has 0 aliphatic carbocycles. The van der Waals surface area contributed by atoms with Gasteiger partial charge in [0.05, 0.1) is 12.8 Å². The maximum atomic E-state index is 11.4. The van der Waals surface area contributed by atoms with Crippen LogP contribution in [0.3, 0.4) is 0 Å². The summed E-state index contributed by atoms with van der Waals surface area (Å²) >= 11 is 0. The first-order valence-corrected chi connectivity index (χ1v) is 6.31. The molecular formula is C13H21N3O3. The van der Waals surface area contributed by atoms with Gasteiger partial charge >= 0.3 is 0 Å². The Hall–Kier alpha value is -1.98. The number of nitrogens with zero attached hydrogens (tertiary/aromatic N) is 1. The lowest BCUT2D eigenvalue weighted by atomic mass is 10.1. The third-order valence-corrected chi connectivity index (χ3v) is 2.40. The van der Waals surface area contributed by atoms with Crippen LogP contribution in [-0.2, 0) is 16.2 Å². The summed E-state index contributed by atoms with van der Waals surface area (Å²) in [4.78, 5) is 16.3. The smallest absolute Gasteiger partial charge is 0.261 e. The minimum Gasteiger partial charge on any atom is -0.467 e. The first-order valence-electron chi connectivity index (χ1n) is 6.31. The second kappa shape index (κ2) is 8.18. The predicted molar refractivity (Wildman–Crippen MR) is 72.2 cm³/mol. The molecule has 0 radical (unpaired) electrons. The van der Waals surface area contributed by atoms with Crippen molar-refractivity contribution in [2.75, 3.05) is 6.61 Å². The van der Waals surface area contributed by atoms with E-state index in [1.165, 1.54) is 0 Å². The van der Waals surface area contributed by atoms with Crippen LogP contribution in [0, 0.1) is 5.92 Å². The normalized spacial score (nSPS) is 11.6. The number of rotatable bonds is 8. The third kappa shape index (κ3) is 7.13. The molecule has 0 fully saturated rings. The Morgan fingerprint density at radius 1 is 1.58 bits per heavy atom. The molecule has 0 spiro atoms. The van der Waals surface area contributed by atoms with Crippen LogP contribution in [0.4, 0.5) is 0 Å². The number of nitrogens with two attached hydrogens (primary N) is 1. The van der Waals surface area contributed by atoms with Gasteiger partial charge in [0.2, 0.25) is 0 Å². The van der Waals surface area contributed by atoms with Crippen LogP contribution < -0.4 is 11.1 Å². The highest BCUT2D eigenvalue weighted by molar-refractivity contribution is 5.80. The fraction of sp³-hybridized carbons (Fsp3) is 0.538. The van der Waals surface area contributed by atoms with E-state index in [1.807, 2.05) is 0 Å². The second-order valence-corrected chi connectivity index (χ2v) is 4.64. The van der Waals surface area contributed by atoms with Crippen LogP contribution in [0.2, 0.25) is 0 Å². The van der Waals surface area contributed by atoms with Crippen molar-refractivity contribution in [1.29, 1.82) is 0 Å². The number of nitrogens with one attached hydrogen (secondary N) is 1. The van der Waals surface area contributed by atoms with Gasteiger partial charge in [-0.2, -0.15) is 0 Å². The summed E-state index contributed by atoms with van der Waals surface area (Å²) in [5.41, 5.74) is 5.64. The molecule has 0 unspecified atom stereocenters. The summed E-state index contributed by atoms with van der Waals surface area (Å²) in [6, 6.07) is 3.54. The molecule has 0 aliphatic heterocycles. The fourth-order valence-electron chi connectivity index (χ4n) is 1.31. The quantitative estimate of drug-likeness (QED) is 0.425. The average Bonchev–Trinajstić information content (AvgIpc) is 2.87. The van der Waals surface area contributed by atoms with Gasteiger partial charge in [-0.25, -0.2) is 0 Å². The second-order valence-electron chi connectivity index (χ2n) is 4.64. The molecule has 6 nitrogen and oxygen atoms in total. The maximum absolute atomic E-state index is 11.4. The Morgan fingerprint density at radius 2 is 2.37 bits per heavy atom. The van der Waals surface area contributed by atoms with Gasteiger partial charge in [-0.05, 0) is 24.5 Å². The van der Waals surface area contributed by atoms with Crippen molar-refractivity contribution < 1.29 is 14.0 Å². The van der Waals surface area contributed by atoms with Crippen LogP contribution in [0.25, 0.3) is 0 Å². The Morgan fingerprint density at radius 3 is 3.00 bits per heavy atom. The van der Waals surface area contributed by atoms with E-state index in [-0.39, 0.29) is 12.5 Å². The molecule has 0 saturated carbocycles. The zero-order valence-corrected chi connectivity index (χ0v) is 11.4. The van der Waals surface area contributed by atoms with E-state index in [1.54, 1.807) is 18.4 Å². The molecule has 1 aromatic rings. The van der Waals surface area contributed by atoms with E-state index in [0.717, 1.165) is 6.42 Å². The molecule has 1 aromatic heterocycles. The summed E-state index contributed by atoms with van der Waals surface area (Å²) < 4.78 is 5.08. The Kier molecular flexibility index (Phi) is 6.49. The van der Waals surface area contributed by atoms with Crippen molar-refractivity contribution >= 4 is 11.7 Å². The van der Waals surface area contributed by atoms with Crippen molar-refractivity contribution in [3.05, 3.63) is 24.2 Å². The molecule has 6 heteroatoms. The van der Waals surface area contributed by atoms with E-state index in [9.17, 15) is 4.79 Å². The van der Waals surface area contributed by atoms with Gasteiger partial charge in [-0.3, -0.25) is 4.79 Å². The van der Waals surface area contributed by atoms with Crippen molar-refractivity contribution in [2.45, 2.75) is 33.2 Å². The molecular weight excluding hydrogens is 246 g/mol. The highest BCUT2D eigenvalue weighted by Crippen LogP contribution is 2.03. The highest BCUT2D eigenvalue weighted by atomic mass is 16.6. The number of hydrogen-bond acceptors (Lipinski definition) is 4. The monoisotopic (exact) mass is 267 g/mol. The lowest BCUT2D eigenvalue weighted by molar-refractivity contribution is -0.125. The van der Waals surface area contributed by atoms with Crippen LogP contribution in [-0.4, -0.2) is 18.3 Å². The van der Waals surface area contributed by atoms with E-state index in [0.29, 0.717) is 30.5 Å². The molecule has 0 aliphatic rings. The molecule has 1 amide bonds. The minimum atomic E-state index is -0.267. The molecule has 0 bridgehead atoms. The van der Waals surface area contributed by atoms with Gasteiger partial charge in [-0.15, -0.1) is 0 Å². The molecule has 106 valence electrons. The van der Waals surface area contributed by atoms with Crippen molar-refractivity contribution in [3.8, 4) is 0 Å². The van der Waals surface area contributed by atoms with Crippen molar-refractivity contribution in [3.63, 3.8) is 0 Å². The number of amides is 1. The largest absolute Gasteiger partial charge is 0.467 e. The number of hydrogen-bond donors (Lipinski definition) is 2. The minimum absolute atomic E-state index is 0.150. The lowest BCUT2D eigenvalue weighted by Crippen LogP contribution is -2.26. The third-order valence-electron chi connectivity index (χ3n) is 2.40. The molecule has 1 heterocycles. The van der Waals surface area contributed by atoms with Crippen molar-refractivity contribution in [1.82, 2.24) is 5.32 Å². The van der Waals surface area contributed by atoms with E-state index >= 15 is 0 Å². The maximum Gasteiger partial charge on any atom is 0.261 e.